The zero-order valence-corrected chi connectivity index (χ0v) is 13.6. The van der Waals surface area contributed by atoms with Crippen molar-refractivity contribution in [3.05, 3.63) is 29.8 Å². The van der Waals surface area contributed by atoms with Gasteiger partial charge in [-0.25, -0.2) is 4.79 Å². The molecule has 2 rings (SSSR count). The summed E-state index contributed by atoms with van der Waals surface area (Å²) in [5.74, 6) is -1.22. The van der Waals surface area contributed by atoms with Gasteiger partial charge in [0.05, 0.1) is 10.8 Å². The number of hydrogen-bond donors (Lipinski definition) is 1. The van der Waals surface area contributed by atoms with Gasteiger partial charge in [-0.2, -0.15) is 0 Å². The second-order valence-electron chi connectivity index (χ2n) is 5.72. The van der Waals surface area contributed by atoms with Crippen molar-refractivity contribution in [2.75, 3.05) is 6.54 Å². The minimum absolute atomic E-state index is 0.0139. The number of carboxylic acid groups (broad SMARTS) is 1. The maximum Gasteiger partial charge on any atom is 0.326 e. The van der Waals surface area contributed by atoms with E-state index in [4.69, 9.17) is 0 Å². The van der Waals surface area contributed by atoms with Gasteiger partial charge in [0.25, 0.3) is 5.91 Å². The summed E-state index contributed by atoms with van der Waals surface area (Å²) in [6.07, 6.45) is 2.15. The van der Waals surface area contributed by atoms with Crippen molar-refractivity contribution in [2.24, 2.45) is 0 Å². The molecule has 0 bridgehead atoms. The summed E-state index contributed by atoms with van der Waals surface area (Å²) in [5.41, 5.74) is 0.442. The highest BCUT2D eigenvalue weighted by Crippen LogP contribution is 2.21. The highest BCUT2D eigenvalue weighted by molar-refractivity contribution is 7.85. The molecule has 0 aliphatic carbocycles. The molecule has 1 amide bonds. The Balaban J connectivity index is 2.18. The van der Waals surface area contributed by atoms with Gasteiger partial charge in [-0.3, -0.25) is 9.00 Å². The van der Waals surface area contributed by atoms with E-state index in [1.807, 2.05) is 13.8 Å². The molecule has 22 heavy (non-hydrogen) atoms. The normalized spacial score (nSPS) is 20.0. The first-order chi connectivity index (χ1) is 10.4. The van der Waals surface area contributed by atoms with Crippen LogP contribution in [0, 0.1) is 0 Å². The van der Waals surface area contributed by atoms with E-state index in [2.05, 4.69) is 0 Å². The lowest BCUT2D eigenvalue weighted by molar-refractivity contribution is -0.143. The predicted octanol–water partition coefficient (Wildman–Crippen LogP) is 2.28. The Hall–Kier alpha value is -1.69. The molecule has 1 saturated heterocycles. The molecule has 0 saturated carbocycles. The summed E-state index contributed by atoms with van der Waals surface area (Å²) in [4.78, 5) is 25.9. The van der Waals surface area contributed by atoms with Crippen LogP contribution in [-0.4, -0.2) is 43.9 Å². The van der Waals surface area contributed by atoms with Crippen molar-refractivity contribution in [3.8, 4) is 0 Å². The van der Waals surface area contributed by atoms with Gasteiger partial charge < -0.3 is 10.0 Å². The molecule has 5 nitrogen and oxygen atoms in total. The second kappa shape index (κ2) is 7.05. The lowest BCUT2D eigenvalue weighted by Gasteiger charge is -2.33. The third kappa shape index (κ3) is 3.55. The van der Waals surface area contributed by atoms with Crippen LogP contribution in [0.15, 0.2) is 29.2 Å². The second-order valence-corrected chi connectivity index (χ2v) is 7.73. The summed E-state index contributed by atoms with van der Waals surface area (Å²) < 4.78 is 12.0. The molecule has 1 aliphatic heterocycles. The molecule has 1 aromatic carbocycles. The summed E-state index contributed by atoms with van der Waals surface area (Å²) in [5, 5.41) is 9.26. The fraction of sp³-hybridized carbons (Fsp3) is 0.500. The van der Waals surface area contributed by atoms with Crippen LogP contribution in [-0.2, 0) is 15.6 Å². The number of piperidine rings is 1. The molecule has 1 aliphatic rings. The minimum atomic E-state index is -1.09. The van der Waals surface area contributed by atoms with Crippen molar-refractivity contribution >= 4 is 22.7 Å². The largest absolute Gasteiger partial charge is 0.480 e. The molecule has 1 aromatic rings. The van der Waals surface area contributed by atoms with Crippen LogP contribution in [0.4, 0.5) is 0 Å². The van der Waals surface area contributed by atoms with E-state index in [0.29, 0.717) is 23.4 Å². The molecular formula is C16H21NO4S. The molecule has 2 atom stereocenters. The highest BCUT2D eigenvalue weighted by atomic mass is 32.2. The Morgan fingerprint density at radius 1 is 1.23 bits per heavy atom. The molecule has 0 unspecified atom stereocenters. The number of carbonyl (C=O) groups excluding carboxylic acids is 1. The van der Waals surface area contributed by atoms with E-state index in [1.54, 1.807) is 24.3 Å². The molecule has 0 radical (unpaired) electrons. The van der Waals surface area contributed by atoms with Gasteiger partial charge in [0, 0.05) is 22.3 Å². The number of amides is 1. The van der Waals surface area contributed by atoms with Crippen LogP contribution < -0.4 is 0 Å². The van der Waals surface area contributed by atoms with Crippen LogP contribution in [0.2, 0.25) is 0 Å². The fourth-order valence-electron chi connectivity index (χ4n) is 2.60. The first kappa shape index (κ1) is 16.7. The predicted molar refractivity (Wildman–Crippen MR) is 84.3 cm³/mol. The zero-order chi connectivity index (χ0) is 16.3. The average molecular weight is 323 g/mol. The van der Waals surface area contributed by atoms with Crippen molar-refractivity contribution in [2.45, 2.75) is 49.3 Å². The lowest BCUT2D eigenvalue weighted by atomic mass is 10.0. The number of carboxylic acids is 1. The van der Waals surface area contributed by atoms with E-state index < -0.39 is 22.8 Å². The maximum absolute atomic E-state index is 12.5. The quantitative estimate of drug-likeness (QED) is 0.922. The third-order valence-corrected chi connectivity index (χ3v) is 5.40. The Kier molecular flexibility index (Phi) is 5.34. The number of rotatable bonds is 4. The van der Waals surface area contributed by atoms with Gasteiger partial charge in [0.15, 0.2) is 0 Å². The molecular weight excluding hydrogens is 302 g/mol. The van der Waals surface area contributed by atoms with Crippen LogP contribution in [0.1, 0.15) is 43.5 Å². The van der Waals surface area contributed by atoms with Gasteiger partial charge in [0.2, 0.25) is 0 Å². The van der Waals surface area contributed by atoms with Gasteiger partial charge in [-0.05, 0) is 43.5 Å². The Bertz CT molecular complexity index is 582. The summed E-state index contributed by atoms with van der Waals surface area (Å²) in [6, 6.07) is 5.88. The van der Waals surface area contributed by atoms with Crippen LogP contribution in [0.3, 0.4) is 0 Å². The molecule has 0 aromatic heterocycles. The van der Waals surface area contributed by atoms with Crippen molar-refractivity contribution in [1.29, 1.82) is 0 Å². The minimum Gasteiger partial charge on any atom is -0.480 e. The molecule has 1 heterocycles. The standard InChI is InChI=1S/C16H21NO4S/c1-11(2)22(21)13-8-6-12(7-9-13)15(18)17-10-4-3-5-14(17)16(19)20/h6-9,11,14H,3-5,10H2,1-2H3,(H,19,20)/t14-,22-/m0/s1. The van der Waals surface area contributed by atoms with Crippen molar-refractivity contribution < 1.29 is 18.9 Å². The Morgan fingerprint density at radius 3 is 2.41 bits per heavy atom. The van der Waals surface area contributed by atoms with E-state index in [0.717, 1.165) is 12.8 Å². The average Bonchev–Trinajstić information content (AvgIpc) is 2.53. The zero-order valence-electron chi connectivity index (χ0n) is 12.8. The number of nitrogens with zero attached hydrogens (tertiary/aromatic N) is 1. The summed E-state index contributed by atoms with van der Waals surface area (Å²) in [7, 11) is -1.09. The van der Waals surface area contributed by atoms with Gasteiger partial charge in [0.1, 0.15) is 6.04 Å². The number of likely N-dealkylation sites (tertiary alicyclic amines) is 1. The number of aliphatic carboxylic acids is 1. The molecule has 1 N–H and O–H groups in total. The van der Waals surface area contributed by atoms with Crippen LogP contribution in [0.5, 0.6) is 0 Å². The van der Waals surface area contributed by atoms with Crippen LogP contribution >= 0.6 is 0 Å². The molecule has 0 spiro atoms. The first-order valence-electron chi connectivity index (χ1n) is 7.46. The molecule has 1 fully saturated rings. The Morgan fingerprint density at radius 2 is 1.86 bits per heavy atom. The smallest absolute Gasteiger partial charge is 0.326 e. The lowest BCUT2D eigenvalue weighted by Crippen LogP contribution is -2.47. The number of carbonyl (C=O) groups is 2. The van der Waals surface area contributed by atoms with Gasteiger partial charge in [-0.15, -0.1) is 0 Å². The van der Waals surface area contributed by atoms with Gasteiger partial charge in [-0.1, -0.05) is 13.8 Å². The fourth-order valence-corrected chi connectivity index (χ4v) is 3.55. The van der Waals surface area contributed by atoms with Crippen molar-refractivity contribution in [1.82, 2.24) is 4.90 Å². The van der Waals surface area contributed by atoms with E-state index in [-0.39, 0.29) is 11.2 Å². The Labute approximate surface area is 132 Å². The van der Waals surface area contributed by atoms with Crippen LogP contribution in [0.25, 0.3) is 0 Å². The van der Waals surface area contributed by atoms with Gasteiger partial charge >= 0.3 is 5.97 Å². The van der Waals surface area contributed by atoms with E-state index in [1.165, 1.54) is 4.90 Å². The first-order valence-corrected chi connectivity index (χ1v) is 8.67. The topological polar surface area (TPSA) is 74.7 Å². The maximum atomic E-state index is 12.5. The van der Waals surface area contributed by atoms with E-state index >= 15 is 0 Å². The summed E-state index contributed by atoms with van der Waals surface area (Å²) in [6.45, 7) is 4.22. The summed E-state index contributed by atoms with van der Waals surface area (Å²) >= 11 is 0. The molecule has 6 heteroatoms. The third-order valence-electron chi connectivity index (χ3n) is 3.81. The number of benzene rings is 1. The SMILES string of the molecule is CC(C)[S@](=O)c1ccc(C(=O)N2CCCC[C@H]2C(=O)O)cc1. The molecule has 120 valence electrons. The van der Waals surface area contributed by atoms with Crippen molar-refractivity contribution in [3.63, 3.8) is 0 Å². The number of hydrogen-bond acceptors (Lipinski definition) is 3. The van der Waals surface area contributed by atoms with E-state index in [9.17, 15) is 18.9 Å². The monoisotopic (exact) mass is 323 g/mol. The highest BCUT2D eigenvalue weighted by Gasteiger charge is 2.32.